The molecule has 0 spiro atoms. The van der Waals surface area contributed by atoms with E-state index in [1.54, 1.807) is 0 Å². The van der Waals surface area contributed by atoms with Crippen molar-refractivity contribution in [2.24, 2.45) is 35.3 Å². The Bertz CT molecular complexity index is 339. The third-order valence-corrected chi connectivity index (χ3v) is 5.24. The van der Waals surface area contributed by atoms with Crippen LogP contribution in [-0.4, -0.2) is 24.8 Å². The molecule has 4 nitrogen and oxygen atoms in total. The van der Waals surface area contributed by atoms with Crippen LogP contribution < -0.4 is 11.1 Å². The largest absolute Gasteiger partial charge is 0.348 e. The molecule has 0 unspecified atom stereocenters. The van der Waals surface area contributed by atoms with Gasteiger partial charge in [0.05, 0.1) is 13.1 Å². The van der Waals surface area contributed by atoms with Gasteiger partial charge in [0, 0.05) is 5.92 Å². The van der Waals surface area contributed by atoms with Gasteiger partial charge in [-0.2, -0.15) is 0 Å². The van der Waals surface area contributed by atoms with Crippen molar-refractivity contribution in [1.82, 2.24) is 5.32 Å². The van der Waals surface area contributed by atoms with Gasteiger partial charge in [0.15, 0.2) is 5.78 Å². The third-order valence-electron chi connectivity index (χ3n) is 5.24. The van der Waals surface area contributed by atoms with Gasteiger partial charge in [-0.15, -0.1) is 0 Å². The minimum atomic E-state index is -0.229. The Morgan fingerprint density at radius 2 is 1.56 bits per heavy atom. The average Bonchev–Trinajstić information content (AvgIpc) is 2.34. The summed E-state index contributed by atoms with van der Waals surface area (Å²) in [5.74, 6) is 3.20. The average molecular weight is 250 g/mol. The maximum atomic E-state index is 12.3. The summed E-state index contributed by atoms with van der Waals surface area (Å²) in [5.41, 5.74) is 5.23. The van der Waals surface area contributed by atoms with Gasteiger partial charge in [-0.05, 0) is 55.8 Å². The van der Waals surface area contributed by atoms with Gasteiger partial charge in [-0.25, -0.2) is 0 Å². The number of carbonyl (C=O) groups excluding carboxylic acids is 2. The minimum absolute atomic E-state index is 0.0328. The van der Waals surface area contributed by atoms with E-state index in [1.165, 1.54) is 32.1 Å². The molecule has 0 aromatic rings. The van der Waals surface area contributed by atoms with Crippen molar-refractivity contribution in [3.8, 4) is 0 Å². The summed E-state index contributed by atoms with van der Waals surface area (Å²) in [7, 11) is 0. The summed E-state index contributed by atoms with van der Waals surface area (Å²) in [4.78, 5) is 23.4. The predicted molar refractivity (Wildman–Crippen MR) is 67.6 cm³/mol. The highest BCUT2D eigenvalue weighted by Gasteiger charge is 2.50. The van der Waals surface area contributed by atoms with E-state index >= 15 is 0 Å². The summed E-state index contributed by atoms with van der Waals surface area (Å²) in [5, 5.41) is 2.63. The Hall–Kier alpha value is -0.900. The number of hydrogen-bond donors (Lipinski definition) is 2. The van der Waals surface area contributed by atoms with Crippen LogP contribution in [0.5, 0.6) is 0 Å². The molecule has 0 aliphatic heterocycles. The summed E-state index contributed by atoms with van der Waals surface area (Å²) < 4.78 is 0. The molecule has 0 heterocycles. The quantitative estimate of drug-likeness (QED) is 0.771. The second-order valence-corrected chi connectivity index (χ2v) is 6.40. The zero-order valence-electron chi connectivity index (χ0n) is 10.7. The van der Waals surface area contributed by atoms with Crippen LogP contribution in [0.1, 0.15) is 32.1 Å². The molecule has 4 fully saturated rings. The summed E-state index contributed by atoms with van der Waals surface area (Å²) in [6.45, 7) is 0.151. The van der Waals surface area contributed by atoms with Crippen LogP contribution in [-0.2, 0) is 9.59 Å². The highest BCUT2D eigenvalue weighted by molar-refractivity contribution is 5.88. The molecule has 0 saturated heterocycles. The first-order chi connectivity index (χ1) is 8.67. The fraction of sp³-hybridized carbons (Fsp3) is 0.857. The van der Waals surface area contributed by atoms with Crippen LogP contribution in [0.15, 0.2) is 0 Å². The van der Waals surface area contributed by atoms with E-state index in [9.17, 15) is 9.59 Å². The lowest BCUT2D eigenvalue weighted by Gasteiger charge is -2.53. The number of nitrogens with one attached hydrogen (secondary N) is 1. The molecule has 4 saturated carbocycles. The second kappa shape index (κ2) is 4.65. The Morgan fingerprint density at radius 3 is 2.06 bits per heavy atom. The van der Waals surface area contributed by atoms with Crippen LogP contribution in [0.3, 0.4) is 0 Å². The standard InChI is InChI=1S/C14H22N2O2/c15-6-13(18)16-7-12(17)14-10-2-8-1-9(4-10)5-11(14)3-8/h8-11,14H,1-7,15H2,(H,16,18). The molecule has 18 heavy (non-hydrogen) atoms. The van der Waals surface area contributed by atoms with Crippen molar-refractivity contribution in [2.75, 3.05) is 13.1 Å². The Balaban J connectivity index is 1.62. The molecular weight excluding hydrogens is 228 g/mol. The Labute approximate surface area is 108 Å². The molecule has 0 atom stereocenters. The molecule has 100 valence electrons. The third kappa shape index (κ3) is 2.07. The zero-order valence-corrected chi connectivity index (χ0v) is 10.7. The van der Waals surface area contributed by atoms with Crippen LogP contribution >= 0.6 is 0 Å². The molecule has 1 amide bonds. The van der Waals surface area contributed by atoms with E-state index in [2.05, 4.69) is 5.32 Å². The predicted octanol–water partition coefficient (Wildman–Crippen LogP) is 0.703. The maximum absolute atomic E-state index is 12.3. The summed E-state index contributed by atoms with van der Waals surface area (Å²) in [6, 6.07) is 0. The van der Waals surface area contributed by atoms with Crippen LogP contribution in [0.2, 0.25) is 0 Å². The lowest BCUT2D eigenvalue weighted by Crippen LogP contribution is -2.50. The number of ketones is 1. The molecule has 0 aromatic carbocycles. The number of rotatable bonds is 4. The van der Waals surface area contributed by atoms with E-state index < -0.39 is 0 Å². The Morgan fingerprint density at radius 1 is 1.00 bits per heavy atom. The first-order valence-electron chi connectivity index (χ1n) is 7.16. The van der Waals surface area contributed by atoms with Crippen molar-refractivity contribution in [3.05, 3.63) is 0 Å². The molecule has 4 heteroatoms. The van der Waals surface area contributed by atoms with Gasteiger partial charge in [0.2, 0.25) is 5.91 Å². The van der Waals surface area contributed by atoms with E-state index in [4.69, 9.17) is 5.73 Å². The van der Waals surface area contributed by atoms with Crippen molar-refractivity contribution in [3.63, 3.8) is 0 Å². The van der Waals surface area contributed by atoms with Gasteiger partial charge in [0.25, 0.3) is 0 Å². The summed E-state index contributed by atoms with van der Waals surface area (Å²) in [6.07, 6.45) is 6.38. The second-order valence-electron chi connectivity index (χ2n) is 6.40. The van der Waals surface area contributed by atoms with Crippen LogP contribution in [0.4, 0.5) is 0 Å². The highest BCUT2D eigenvalue weighted by Crippen LogP contribution is 2.56. The number of amides is 1. The smallest absolute Gasteiger partial charge is 0.234 e. The first kappa shape index (κ1) is 12.2. The molecule has 4 rings (SSSR count). The van der Waals surface area contributed by atoms with E-state index in [0.717, 1.165) is 11.8 Å². The lowest BCUT2D eigenvalue weighted by atomic mass is 9.51. The Kier molecular flexibility index (Phi) is 3.14. The molecule has 0 aromatic heterocycles. The molecule has 4 aliphatic carbocycles. The monoisotopic (exact) mass is 250 g/mol. The number of nitrogens with two attached hydrogens (primary N) is 1. The fourth-order valence-corrected chi connectivity index (χ4v) is 4.83. The number of carbonyl (C=O) groups is 2. The van der Waals surface area contributed by atoms with Crippen LogP contribution in [0.25, 0.3) is 0 Å². The van der Waals surface area contributed by atoms with Crippen molar-refractivity contribution < 1.29 is 9.59 Å². The number of hydrogen-bond acceptors (Lipinski definition) is 3. The van der Waals surface area contributed by atoms with Crippen molar-refractivity contribution in [2.45, 2.75) is 32.1 Å². The van der Waals surface area contributed by atoms with Gasteiger partial charge in [0.1, 0.15) is 0 Å². The van der Waals surface area contributed by atoms with Gasteiger partial charge >= 0.3 is 0 Å². The maximum Gasteiger partial charge on any atom is 0.234 e. The van der Waals surface area contributed by atoms with Crippen molar-refractivity contribution in [1.29, 1.82) is 0 Å². The summed E-state index contributed by atoms with van der Waals surface area (Å²) >= 11 is 0. The highest BCUT2D eigenvalue weighted by atomic mass is 16.2. The molecule has 4 aliphatic rings. The lowest BCUT2D eigenvalue weighted by molar-refractivity contribution is -0.136. The molecular formula is C14H22N2O2. The van der Waals surface area contributed by atoms with Gasteiger partial charge < -0.3 is 11.1 Å². The topological polar surface area (TPSA) is 72.2 Å². The zero-order chi connectivity index (χ0) is 12.7. The van der Waals surface area contributed by atoms with E-state index in [1.807, 2.05) is 0 Å². The molecule has 3 N–H and O–H groups in total. The normalized spacial score (nSPS) is 40.8. The van der Waals surface area contributed by atoms with Gasteiger partial charge in [-0.1, -0.05) is 0 Å². The van der Waals surface area contributed by atoms with Crippen molar-refractivity contribution >= 4 is 11.7 Å². The minimum Gasteiger partial charge on any atom is -0.348 e. The molecule has 0 radical (unpaired) electrons. The molecule has 4 bridgehead atoms. The van der Waals surface area contributed by atoms with E-state index in [0.29, 0.717) is 11.8 Å². The van der Waals surface area contributed by atoms with E-state index in [-0.39, 0.29) is 30.7 Å². The first-order valence-corrected chi connectivity index (χ1v) is 7.16. The van der Waals surface area contributed by atoms with Gasteiger partial charge in [-0.3, -0.25) is 9.59 Å². The number of Topliss-reactive ketones (excluding diaryl/α,β-unsaturated/α-hetero) is 1. The fourth-order valence-electron chi connectivity index (χ4n) is 4.83. The SMILES string of the molecule is NCC(=O)NCC(=O)C1C2CC3CC(C2)CC1C3. The van der Waals surface area contributed by atoms with Crippen LogP contribution in [0, 0.1) is 29.6 Å².